The molecule has 0 unspecified atom stereocenters. The minimum Gasteiger partial charge on any atom is -0.497 e. The predicted molar refractivity (Wildman–Crippen MR) is 67.5 cm³/mol. The molecule has 0 atom stereocenters. The van der Waals surface area contributed by atoms with Crippen LogP contribution in [0.2, 0.25) is 0 Å². The molecule has 2 aromatic carbocycles. The minimum atomic E-state index is -0.691. The van der Waals surface area contributed by atoms with E-state index in [9.17, 15) is 8.78 Å². The van der Waals surface area contributed by atoms with Crippen molar-refractivity contribution in [2.45, 2.75) is 6.92 Å². The number of methoxy groups -OCH3 is 1. The van der Waals surface area contributed by atoms with E-state index < -0.39 is 11.6 Å². The van der Waals surface area contributed by atoms with Gasteiger partial charge in [-0.2, -0.15) is 0 Å². The Morgan fingerprint density at radius 1 is 1.06 bits per heavy atom. The van der Waals surface area contributed by atoms with E-state index in [0.29, 0.717) is 11.3 Å². The van der Waals surface area contributed by atoms with Crippen LogP contribution in [0.25, 0.3) is 11.1 Å². The normalized spacial score (nSPS) is 10.4. The van der Waals surface area contributed by atoms with Crippen LogP contribution in [-0.2, 0) is 0 Å². The lowest BCUT2D eigenvalue weighted by molar-refractivity contribution is 0.407. The zero-order valence-electron chi connectivity index (χ0n) is 10.1. The molecule has 2 N–H and O–H groups in total. The molecule has 0 spiro atoms. The molecule has 0 aliphatic heterocycles. The molecule has 94 valence electrons. The highest BCUT2D eigenvalue weighted by atomic mass is 19.1. The van der Waals surface area contributed by atoms with E-state index in [2.05, 4.69) is 0 Å². The maximum absolute atomic E-state index is 13.9. The van der Waals surface area contributed by atoms with Crippen LogP contribution >= 0.6 is 0 Å². The Morgan fingerprint density at radius 2 is 1.67 bits per heavy atom. The van der Waals surface area contributed by atoms with E-state index in [0.717, 1.165) is 17.7 Å². The van der Waals surface area contributed by atoms with Gasteiger partial charge in [-0.3, -0.25) is 0 Å². The first-order valence-corrected chi connectivity index (χ1v) is 5.42. The van der Waals surface area contributed by atoms with Gasteiger partial charge >= 0.3 is 0 Å². The van der Waals surface area contributed by atoms with Crippen LogP contribution in [0.15, 0.2) is 30.3 Å². The summed E-state index contributed by atoms with van der Waals surface area (Å²) in [5, 5.41) is 0. The van der Waals surface area contributed by atoms with Crippen molar-refractivity contribution in [3.63, 3.8) is 0 Å². The zero-order chi connectivity index (χ0) is 13.3. The fraction of sp³-hybridized carbons (Fsp3) is 0.143. The van der Waals surface area contributed by atoms with Gasteiger partial charge in [0.25, 0.3) is 0 Å². The number of ether oxygens (including phenoxy) is 1. The standard InChI is InChI=1S/C14H13F2NO/c1-8-3-4-13(17)10(5-8)14-11(15)6-9(18-2)7-12(14)16/h3-7H,17H2,1-2H3. The molecule has 2 nitrogen and oxygen atoms in total. The maximum atomic E-state index is 13.9. The van der Waals surface area contributed by atoms with Crippen molar-refractivity contribution in [3.8, 4) is 16.9 Å². The van der Waals surface area contributed by atoms with Crippen LogP contribution < -0.4 is 10.5 Å². The third-order valence-corrected chi connectivity index (χ3v) is 2.73. The molecular formula is C14H13F2NO. The number of anilines is 1. The van der Waals surface area contributed by atoms with Gasteiger partial charge in [-0.25, -0.2) is 8.78 Å². The molecule has 0 saturated carbocycles. The largest absolute Gasteiger partial charge is 0.497 e. The Labute approximate surface area is 104 Å². The quantitative estimate of drug-likeness (QED) is 0.826. The van der Waals surface area contributed by atoms with Crippen molar-refractivity contribution in [2.24, 2.45) is 0 Å². The number of benzene rings is 2. The van der Waals surface area contributed by atoms with Gasteiger partial charge in [0.1, 0.15) is 17.4 Å². The van der Waals surface area contributed by atoms with E-state index in [-0.39, 0.29) is 11.3 Å². The number of hydrogen-bond acceptors (Lipinski definition) is 2. The van der Waals surface area contributed by atoms with Gasteiger partial charge in [0.2, 0.25) is 0 Å². The van der Waals surface area contributed by atoms with Crippen LogP contribution in [0.5, 0.6) is 5.75 Å². The number of hydrogen-bond donors (Lipinski definition) is 1. The van der Waals surface area contributed by atoms with Crippen molar-refractivity contribution in [2.75, 3.05) is 12.8 Å². The summed E-state index contributed by atoms with van der Waals surface area (Å²) in [6.45, 7) is 1.84. The number of nitrogen functional groups attached to an aromatic ring is 1. The second-order valence-electron chi connectivity index (χ2n) is 4.06. The smallest absolute Gasteiger partial charge is 0.137 e. The maximum Gasteiger partial charge on any atom is 0.137 e. The van der Waals surface area contributed by atoms with Crippen molar-refractivity contribution < 1.29 is 13.5 Å². The molecule has 0 aliphatic rings. The molecule has 2 rings (SSSR count). The van der Waals surface area contributed by atoms with Gasteiger partial charge in [0, 0.05) is 23.4 Å². The molecular weight excluding hydrogens is 236 g/mol. The molecule has 0 amide bonds. The minimum absolute atomic E-state index is 0.128. The van der Waals surface area contributed by atoms with Crippen molar-refractivity contribution in [3.05, 3.63) is 47.5 Å². The van der Waals surface area contributed by atoms with Crippen molar-refractivity contribution >= 4 is 5.69 Å². The predicted octanol–water partition coefficient (Wildman–Crippen LogP) is 3.53. The Hall–Kier alpha value is -2.10. The van der Waals surface area contributed by atoms with E-state index in [1.807, 2.05) is 6.92 Å². The molecule has 0 heterocycles. The summed E-state index contributed by atoms with van der Waals surface area (Å²) in [5.74, 6) is -1.24. The van der Waals surface area contributed by atoms with Crippen molar-refractivity contribution in [1.82, 2.24) is 0 Å². The first-order valence-electron chi connectivity index (χ1n) is 5.42. The van der Waals surface area contributed by atoms with E-state index in [4.69, 9.17) is 10.5 Å². The van der Waals surface area contributed by atoms with Gasteiger partial charge < -0.3 is 10.5 Å². The second-order valence-corrected chi connectivity index (χ2v) is 4.06. The second kappa shape index (κ2) is 4.64. The molecule has 0 radical (unpaired) electrons. The Kier molecular flexibility index (Phi) is 3.19. The summed E-state index contributed by atoms with van der Waals surface area (Å²) in [7, 11) is 1.36. The van der Waals surface area contributed by atoms with Gasteiger partial charge in [-0.05, 0) is 19.1 Å². The van der Waals surface area contributed by atoms with Crippen LogP contribution in [0.4, 0.5) is 14.5 Å². The molecule has 0 saturated heterocycles. The van der Waals surface area contributed by atoms with Crippen LogP contribution in [-0.4, -0.2) is 7.11 Å². The SMILES string of the molecule is COc1cc(F)c(-c2cc(C)ccc2N)c(F)c1. The zero-order valence-corrected chi connectivity index (χ0v) is 10.1. The highest BCUT2D eigenvalue weighted by Crippen LogP contribution is 2.33. The van der Waals surface area contributed by atoms with Gasteiger partial charge in [0.05, 0.1) is 12.7 Å². The van der Waals surface area contributed by atoms with E-state index in [1.54, 1.807) is 18.2 Å². The molecule has 0 aliphatic carbocycles. The number of rotatable bonds is 2. The molecule has 2 aromatic rings. The lowest BCUT2D eigenvalue weighted by Gasteiger charge is -2.11. The number of halogens is 2. The monoisotopic (exact) mass is 249 g/mol. The van der Waals surface area contributed by atoms with Gasteiger partial charge in [-0.15, -0.1) is 0 Å². The molecule has 18 heavy (non-hydrogen) atoms. The van der Waals surface area contributed by atoms with Crippen LogP contribution in [0, 0.1) is 18.6 Å². The highest BCUT2D eigenvalue weighted by molar-refractivity contribution is 5.78. The van der Waals surface area contributed by atoms with E-state index in [1.165, 1.54) is 7.11 Å². The average molecular weight is 249 g/mol. The molecule has 0 aromatic heterocycles. The summed E-state index contributed by atoms with van der Waals surface area (Å²) in [6, 6.07) is 7.36. The average Bonchev–Trinajstić information content (AvgIpc) is 2.32. The summed E-state index contributed by atoms with van der Waals surface area (Å²) >= 11 is 0. The number of aryl methyl sites for hydroxylation is 1. The summed E-state index contributed by atoms with van der Waals surface area (Å²) < 4.78 is 32.6. The lowest BCUT2D eigenvalue weighted by atomic mass is 10.0. The highest BCUT2D eigenvalue weighted by Gasteiger charge is 2.16. The Balaban J connectivity index is 2.67. The molecule has 0 fully saturated rings. The summed E-state index contributed by atoms with van der Waals surface area (Å²) in [6.07, 6.45) is 0. The third kappa shape index (κ3) is 2.14. The van der Waals surface area contributed by atoms with Crippen LogP contribution in [0.3, 0.4) is 0 Å². The number of nitrogens with two attached hydrogens (primary N) is 1. The lowest BCUT2D eigenvalue weighted by Crippen LogP contribution is -1.97. The first kappa shape index (κ1) is 12.4. The Morgan fingerprint density at radius 3 is 2.22 bits per heavy atom. The molecule has 0 bridgehead atoms. The van der Waals surface area contributed by atoms with Crippen molar-refractivity contribution in [1.29, 1.82) is 0 Å². The third-order valence-electron chi connectivity index (χ3n) is 2.73. The summed E-state index contributed by atoms with van der Waals surface area (Å²) in [5.41, 5.74) is 7.21. The van der Waals surface area contributed by atoms with Gasteiger partial charge in [0.15, 0.2) is 0 Å². The van der Waals surface area contributed by atoms with Crippen LogP contribution in [0.1, 0.15) is 5.56 Å². The molecule has 4 heteroatoms. The topological polar surface area (TPSA) is 35.2 Å². The van der Waals surface area contributed by atoms with E-state index >= 15 is 0 Å². The fourth-order valence-corrected chi connectivity index (χ4v) is 1.81. The first-order chi connectivity index (χ1) is 8.52. The Bertz CT molecular complexity index is 573. The van der Waals surface area contributed by atoms with Gasteiger partial charge in [-0.1, -0.05) is 11.6 Å². The fourth-order valence-electron chi connectivity index (χ4n) is 1.81. The summed E-state index contributed by atoms with van der Waals surface area (Å²) in [4.78, 5) is 0.